The average Bonchev–Trinajstić information content (AvgIpc) is 2.40. The zero-order valence-electron chi connectivity index (χ0n) is 12.5. The van der Waals surface area contributed by atoms with Crippen molar-refractivity contribution in [3.05, 3.63) is 35.9 Å². The summed E-state index contributed by atoms with van der Waals surface area (Å²) < 4.78 is 5.93. The van der Waals surface area contributed by atoms with Gasteiger partial charge in [-0.15, -0.1) is 0 Å². The van der Waals surface area contributed by atoms with Crippen LogP contribution in [0.5, 0.6) is 0 Å². The summed E-state index contributed by atoms with van der Waals surface area (Å²) in [5.74, 6) is 0.755. The molecule has 0 spiro atoms. The number of hydrogen-bond acceptors (Lipinski definition) is 2. The molecule has 20 heavy (non-hydrogen) atoms. The zero-order valence-corrected chi connectivity index (χ0v) is 12.5. The first-order chi connectivity index (χ1) is 9.49. The highest BCUT2D eigenvalue weighted by molar-refractivity contribution is 5.89. The van der Waals surface area contributed by atoms with E-state index in [1.54, 1.807) is 0 Å². The number of rotatable bonds is 3. The van der Waals surface area contributed by atoms with Gasteiger partial charge in [0.25, 0.3) is 5.91 Å². The minimum Gasteiger partial charge on any atom is -0.361 e. The molecule has 0 saturated carbocycles. The van der Waals surface area contributed by atoms with Gasteiger partial charge in [-0.05, 0) is 23.3 Å². The summed E-state index contributed by atoms with van der Waals surface area (Å²) in [5, 5.41) is 0. The highest BCUT2D eigenvalue weighted by Gasteiger charge is 2.57. The predicted octanol–water partition coefficient (Wildman–Crippen LogP) is 2.85. The van der Waals surface area contributed by atoms with Gasteiger partial charge in [-0.1, -0.05) is 51.1 Å². The lowest BCUT2D eigenvalue weighted by atomic mass is 9.67. The van der Waals surface area contributed by atoms with Crippen LogP contribution in [0.1, 0.15) is 32.8 Å². The fourth-order valence-electron chi connectivity index (χ4n) is 3.89. The highest BCUT2D eigenvalue weighted by Crippen LogP contribution is 2.45. The predicted molar refractivity (Wildman–Crippen MR) is 78.1 cm³/mol. The summed E-state index contributed by atoms with van der Waals surface area (Å²) in [6.07, 6.45) is 0.907. The van der Waals surface area contributed by atoms with Gasteiger partial charge in [-0.2, -0.15) is 0 Å². The summed E-state index contributed by atoms with van der Waals surface area (Å²) in [7, 11) is 0. The number of amides is 1. The number of carbonyl (C=O) groups excluding carboxylic acids is 1. The zero-order chi connectivity index (χ0) is 14.3. The third-order valence-corrected chi connectivity index (χ3v) is 4.61. The normalized spacial score (nSPS) is 31.6. The van der Waals surface area contributed by atoms with Crippen LogP contribution in [0.25, 0.3) is 0 Å². The third kappa shape index (κ3) is 2.24. The van der Waals surface area contributed by atoms with Gasteiger partial charge in [-0.3, -0.25) is 4.79 Å². The van der Waals surface area contributed by atoms with Crippen LogP contribution in [0.4, 0.5) is 0 Å². The molecule has 2 aliphatic heterocycles. The Labute approximate surface area is 120 Å². The molecule has 3 heteroatoms. The van der Waals surface area contributed by atoms with Crippen molar-refractivity contribution in [3.8, 4) is 0 Å². The summed E-state index contributed by atoms with van der Waals surface area (Å²) >= 11 is 0. The topological polar surface area (TPSA) is 29.5 Å². The number of hydrogen-bond donors (Lipinski definition) is 0. The molecule has 0 aliphatic carbocycles. The molecule has 3 rings (SSSR count). The molecule has 0 aromatic heterocycles. The van der Waals surface area contributed by atoms with Gasteiger partial charge < -0.3 is 9.64 Å². The second kappa shape index (κ2) is 4.88. The van der Waals surface area contributed by atoms with E-state index in [9.17, 15) is 4.79 Å². The second-order valence-electron chi connectivity index (χ2n) is 6.95. The molecule has 0 N–H and O–H groups in total. The molecule has 0 radical (unpaired) electrons. The van der Waals surface area contributed by atoms with Crippen molar-refractivity contribution in [1.82, 2.24) is 4.90 Å². The molecular formula is C17H23NO2. The minimum absolute atomic E-state index is 0.146. The van der Waals surface area contributed by atoms with Gasteiger partial charge >= 0.3 is 0 Å². The van der Waals surface area contributed by atoms with Crippen molar-refractivity contribution in [2.45, 2.75) is 45.9 Å². The first kappa shape index (κ1) is 13.6. The fourth-order valence-corrected chi connectivity index (χ4v) is 3.89. The Bertz CT molecular complexity index is 497. The molecule has 1 amide bonds. The molecule has 1 aromatic rings. The molecule has 2 heterocycles. The number of carbonyl (C=O) groups is 1. The van der Waals surface area contributed by atoms with E-state index in [0.29, 0.717) is 12.5 Å². The number of nitrogens with zero attached hydrogens (tertiary/aromatic N) is 1. The van der Waals surface area contributed by atoms with Gasteiger partial charge in [-0.25, -0.2) is 0 Å². The van der Waals surface area contributed by atoms with E-state index in [2.05, 4.69) is 20.8 Å². The van der Waals surface area contributed by atoms with Crippen LogP contribution < -0.4 is 0 Å². The van der Waals surface area contributed by atoms with Crippen molar-refractivity contribution in [2.24, 2.45) is 11.3 Å². The van der Waals surface area contributed by atoms with E-state index in [-0.39, 0.29) is 23.5 Å². The lowest BCUT2D eigenvalue weighted by Gasteiger charge is -2.58. The van der Waals surface area contributed by atoms with Crippen molar-refractivity contribution < 1.29 is 9.53 Å². The molecule has 108 valence electrons. The van der Waals surface area contributed by atoms with E-state index < -0.39 is 0 Å². The maximum absolute atomic E-state index is 12.3. The number of ether oxygens (including phenoxy) is 1. The minimum atomic E-state index is -0.252. The monoisotopic (exact) mass is 273 g/mol. The van der Waals surface area contributed by atoms with Crippen LogP contribution in [0.15, 0.2) is 30.3 Å². The van der Waals surface area contributed by atoms with Crippen LogP contribution in [-0.4, -0.2) is 29.5 Å². The van der Waals surface area contributed by atoms with Crippen molar-refractivity contribution >= 4 is 5.91 Å². The van der Waals surface area contributed by atoms with E-state index >= 15 is 0 Å². The quantitative estimate of drug-likeness (QED) is 0.793. The van der Waals surface area contributed by atoms with Gasteiger partial charge in [0.05, 0.1) is 12.6 Å². The average molecular weight is 273 g/mol. The molecule has 3 nitrogen and oxygen atoms in total. The van der Waals surface area contributed by atoms with Crippen molar-refractivity contribution in [3.63, 3.8) is 0 Å². The smallest absolute Gasteiger partial charge is 0.254 e. The Hall–Kier alpha value is -1.35. The summed E-state index contributed by atoms with van der Waals surface area (Å²) in [6.45, 7) is 8.14. The molecule has 0 unspecified atom stereocenters. The summed E-state index contributed by atoms with van der Waals surface area (Å²) in [4.78, 5) is 14.3. The van der Waals surface area contributed by atoms with Crippen LogP contribution in [0.3, 0.4) is 0 Å². The highest BCUT2D eigenvalue weighted by atomic mass is 16.5. The van der Waals surface area contributed by atoms with E-state index in [4.69, 9.17) is 4.74 Å². The molecule has 2 aliphatic rings. The van der Waals surface area contributed by atoms with E-state index in [0.717, 1.165) is 18.5 Å². The first-order valence-electron chi connectivity index (χ1n) is 7.45. The number of piperidine rings is 1. The summed E-state index contributed by atoms with van der Waals surface area (Å²) in [5.41, 5.74) is 1.27. The van der Waals surface area contributed by atoms with E-state index in [1.807, 2.05) is 35.2 Å². The Morgan fingerprint density at radius 1 is 1.30 bits per heavy atom. The van der Waals surface area contributed by atoms with E-state index in [1.165, 1.54) is 0 Å². The van der Waals surface area contributed by atoms with Gasteiger partial charge in [0.1, 0.15) is 0 Å². The Morgan fingerprint density at radius 2 is 2.00 bits per heavy atom. The Kier molecular flexibility index (Phi) is 3.33. The van der Waals surface area contributed by atoms with Gasteiger partial charge in [0.15, 0.2) is 6.10 Å². The van der Waals surface area contributed by atoms with Crippen LogP contribution in [0, 0.1) is 11.3 Å². The third-order valence-electron chi connectivity index (χ3n) is 4.61. The molecular weight excluding hydrogens is 250 g/mol. The van der Waals surface area contributed by atoms with Gasteiger partial charge in [0, 0.05) is 6.54 Å². The van der Waals surface area contributed by atoms with Gasteiger partial charge in [0.2, 0.25) is 0 Å². The number of fused-ring (bicyclic) bond motifs is 1. The molecule has 0 bridgehead atoms. The number of benzene rings is 1. The fraction of sp³-hybridized carbons (Fsp3) is 0.588. The Balaban J connectivity index is 1.68. The lowest BCUT2D eigenvalue weighted by Crippen LogP contribution is -2.73. The van der Waals surface area contributed by atoms with Crippen LogP contribution >= 0.6 is 0 Å². The first-order valence-corrected chi connectivity index (χ1v) is 7.45. The van der Waals surface area contributed by atoms with Crippen LogP contribution in [-0.2, 0) is 16.1 Å². The molecule has 2 fully saturated rings. The van der Waals surface area contributed by atoms with Crippen molar-refractivity contribution in [1.29, 1.82) is 0 Å². The molecule has 3 atom stereocenters. The number of β-lactam (4-membered cyclic amide) rings is 1. The van der Waals surface area contributed by atoms with Crippen molar-refractivity contribution in [2.75, 3.05) is 6.54 Å². The SMILES string of the molecule is C[C@@H]1CN2C(=O)[C@@H](OCc3ccccc3)[C@H]2C(C)(C)C1. The second-order valence-corrected chi connectivity index (χ2v) is 6.95. The van der Waals surface area contributed by atoms with Crippen LogP contribution in [0.2, 0.25) is 0 Å². The maximum atomic E-state index is 12.3. The molecule has 2 saturated heterocycles. The Morgan fingerprint density at radius 3 is 2.70 bits per heavy atom. The standard InChI is InChI=1S/C17H23NO2/c1-12-9-17(2,3)15-14(16(19)18(15)10-12)20-11-13-7-5-4-6-8-13/h4-8,12,14-15H,9-11H2,1-3H3/t12-,14-,15-/m0/s1. The summed E-state index contributed by atoms with van der Waals surface area (Å²) in [6, 6.07) is 10.3. The molecule has 1 aromatic carbocycles. The lowest BCUT2D eigenvalue weighted by molar-refractivity contribution is -0.198. The largest absolute Gasteiger partial charge is 0.361 e. The maximum Gasteiger partial charge on any atom is 0.254 e.